The fourth-order valence-electron chi connectivity index (χ4n) is 3.10. The highest BCUT2D eigenvalue weighted by molar-refractivity contribution is 5.86. The molecule has 0 radical (unpaired) electrons. The van der Waals surface area contributed by atoms with Gasteiger partial charge in [0.05, 0.1) is 22.1 Å². The van der Waals surface area contributed by atoms with E-state index < -0.39 is 0 Å². The summed E-state index contributed by atoms with van der Waals surface area (Å²) in [6.07, 6.45) is 0. The summed E-state index contributed by atoms with van der Waals surface area (Å²) < 4.78 is 0. The highest BCUT2D eigenvalue weighted by atomic mass is 14.8. The SMILES string of the molecule is c1ccc2c(c1)N=c1ccc3c(c1-2)N=c1ccccc1=3. The molecular weight excluding hydrogens is 244 g/mol. The van der Waals surface area contributed by atoms with Crippen LogP contribution in [-0.2, 0) is 0 Å². The van der Waals surface area contributed by atoms with Crippen molar-refractivity contribution in [3.63, 3.8) is 0 Å². The largest absolute Gasteiger partial charge is 0.248 e. The molecule has 5 rings (SSSR count). The second-order valence-electron chi connectivity index (χ2n) is 5.11. The monoisotopic (exact) mass is 254 g/mol. The highest BCUT2D eigenvalue weighted by Crippen LogP contribution is 2.38. The van der Waals surface area contributed by atoms with Crippen LogP contribution in [0, 0.1) is 10.4 Å². The molecule has 2 aliphatic rings. The molecule has 0 saturated heterocycles. The highest BCUT2D eigenvalue weighted by Gasteiger charge is 2.19. The first-order valence-corrected chi connectivity index (χ1v) is 6.71. The summed E-state index contributed by atoms with van der Waals surface area (Å²) in [5.41, 5.74) is 4.48. The van der Waals surface area contributed by atoms with Crippen LogP contribution in [0.15, 0.2) is 70.6 Å². The van der Waals surface area contributed by atoms with Crippen LogP contribution in [-0.4, -0.2) is 0 Å². The Bertz CT molecular complexity index is 1090. The summed E-state index contributed by atoms with van der Waals surface area (Å²) in [5.74, 6) is 0. The number of fused-ring (bicyclic) bond motifs is 6. The van der Waals surface area contributed by atoms with Gasteiger partial charge in [0, 0.05) is 21.6 Å². The van der Waals surface area contributed by atoms with E-state index in [2.05, 4.69) is 48.5 Å². The first-order chi connectivity index (χ1) is 9.92. The lowest BCUT2D eigenvalue weighted by Gasteiger charge is -2.01. The van der Waals surface area contributed by atoms with Gasteiger partial charge in [-0.05, 0) is 24.3 Å². The van der Waals surface area contributed by atoms with Gasteiger partial charge in [0.2, 0.25) is 0 Å². The van der Waals surface area contributed by atoms with Crippen molar-refractivity contribution >= 4 is 11.4 Å². The van der Waals surface area contributed by atoms with Crippen molar-refractivity contribution in [3.05, 3.63) is 81.8 Å². The minimum Gasteiger partial charge on any atom is -0.248 e. The summed E-state index contributed by atoms with van der Waals surface area (Å²) in [7, 11) is 0. The van der Waals surface area contributed by atoms with Crippen LogP contribution in [0.5, 0.6) is 0 Å². The smallest absolute Gasteiger partial charge is 0.0817 e. The normalized spacial score (nSPS) is 12.8. The summed E-state index contributed by atoms with van der Waals surface area (Å²) in [4.78, 5) is 9.52. The van der Waals surface area contributed by atoms with Crippen molar-refractivity contribution in [2.45, 2.75) is 0 Å². The number of nitrogens with zero attached hydrogens (tertiary/aromatic N) is 2. The second kappa shape index (κ2) is 3.42. The lowest BCUT2D eigenvalue weighted by molar-refractivity contribution is 1.36. The molecule has 3 aromatic carbocycles. The molecule has 0 aliphatic carbocycles. The van der Waals surface area contributed by atoms with Gasteiger partial charge in [0.1, 0.15) is 0 Å². The fourth-order valence-corrected chi connectivity index (χ4v) is 3.10. The van der Waals surface area contributed by atoms with E-state index in [0.29, 0.717) is 0 Å². The molecule has 3 aromatic rings. The van der Waals surface area contributed by atoms with Crippen molar-refractivity contribution < 1.29 is 0 Å². The number of benzene rings is 3. The van der Waals surface area contributed by atoms with E-state index in [4.69, 9.17) is 9.98 Å². The Kier molecular flexibility index (Phi) is 1.73. The Hall–Kier alpha value is -2.74. The molecule has 2 heteroatoms. The third-order valence-electron chi connectivity index (χ3n) is 4.00. The Balaban J connectivity index is 2.03. The van der Waals surface area contributed by atoms with E-state index in [-0.39, 0.29) is 0 Å². The molecule has 0 fully saturated rings. The standard InChI is InChI=1S/C18H10N2/c1-3-7-14-11(5-1)12-9-10-16-17(18(12)20-14)13-6-2-4-8-15(13)19-16/h1-10H. The lowest BCUT2D eigenvalue weighted by Crippen LogP contribution is -2.00. The number of para-hydroxylation sites is 2. The van der Waals surface area contributed by atoms with E-state index in [1.165, 1.54) is 21.6 Å². The predicted octanol–water partition coefficient (Wildman–Crippen LogP) is 3.17. The van der Waals surface area contributed by atoms with Crippen LogP contribution in [0.2, 0.25) is 0 Å². The molecule has 0 spiro atoms. The molecule has 92 valence electrons. The van der Waals surface area contributed by atoms with Gasteiger partial charge in [0.25, 0.3) is 0 Å². The predicted molar refractivity (Wildman–Crippen MR) is 77.6 cm³/mol. The maximum atomic E-state index is 4.83. The fraction of sp³-hybridized carbons (Fsp3) is 0. The molecule has 0 saturated carbocycles. The summed E-state index contributed by atoms with van der Waals surface area (Å²) in [6, 6.07) is 20.8. The van der Waals surface area contributed by atoms with Crippen LogP contribution in [0.1, 0.15) is 0 Å². The van der Waals surface area contributed by atoms with Crippen LogP contribution in [0.3, 0.4) is 0 Å². The van der Waals surface area contributed by atoms with E-state index in [9.17, 15) is 0 Å². The molecule has 0 unspecified atom stereocenters. The Morgan fingerprint density at radius 2 is 1.45 bits per heavy atom. The molecule has 0 aromatic heterocycles. The maximum absolute atomic E-state index is 4.83. The first-order valence-electron chi connectivity index (χ1n) is 6.71. The molecule has 0 N–H and O–H groups in total. The van der Waals surface area contributed by atoms with Gasteiger partial charge in [-0.25, -0.2) is 9.98 Å². The van der Waals surface area contributed by atoms with Crippen molar-refractivity contribution in [2.24, 2.45) is 9.98 Å². The van der Waals surface area contributed by atoms with E-state index in [1.807, 2.05) is 12.1 Å². The van der Waals surface area contributed by atoms with Gasteiger partial charge in [0.15, 0.2) is 0 Å². The van der Waals surface area contributed by atoms with Gasteiger partial charge in [-0.2, -0.15) is 0 Å². The second-order valence-corrected chi connectivity index (χ2v) is 5.11. The minimum atomic E-state index is 1.03. The van der Waals surface area contributed by atoms with Crippen LogP contribution in [0.25, 0.3) is 11.1 Å². The molecule has 0 atom stereocenters. The quantitative estimate of drug-likeness (QED) is 0.405. The van der Waals surface area contributed by atoms with Crippen molar-refractivity contribution in [2.75, 3.05) is 0 Å². The van der Waals surface area contributed by atoms with Gasteiger partial charge >= 0.3 is 0 Å². The van der Waals surface area contributed by atoms with E-state index >= 15 is 0 Å². The summed E-state index contributed by atoms with van der Waals surface area (Å²) in [5, 5.41) is 4.52. The van der Waals surface area contributed by atoms with Crippen LogP contribution in [0.4, 0.5) is 11.4 Å². The third-order valence-corrected chi connectivity index (χ3v) is 4.00. The zero-order chi connectivity index (χ0) is 13.1. The first kappa shape index (κ1) is 10.1. The van der Waals surface area contributed by atoms with E-state index in [1.54, 1.807) is 0 Å². The van der Waals surface area contributed by atoms with Gasteiger partial charge in [-0.1, -0.05) is 36.4 Å². The topological polar surface area (TPSA) is 24.7 Å². The molecule has 2 aliphatic heterocycles. The van der Waals surface area contributed by atoms with Crippen LogP contribution < -0.4 is 10.7 Å². The van der Waals surface area contributed by atoms with Gasteiger partial charge < -0.3 is 0 Å². The third kappa shape index (κ3) is 1.14. The zero-order valence-electron chi connectivity index (χ0n) is 10.7. The molecule has 2 nitrogen and oxygen atoms in total. The maximum Gasteiger partial charge on any atom is 0.0817 e. The van der Waals surface area contributed by atoms with Gasteiger partial charge in [-0.15, -0.1) is 0 Å². The summed E-state index contributed by atoms with van der Waals surface area (Å²) >= 11 is 0. The summed E-state index contributed by atoms with van der Waals surface area (Å²) in [6.45, 7) is 0. The molecule has 2 heterocycles. The molecule has 0 bridgehead atoms. The van der Waals surface area contributed by atoms with Crippen molar-refractivity contribution in [1.82, 2.24) is 0 Å². The minimum absolute atomic E-state index is 1.03. The Labute approximate surface area is 115 Å². The number of rotatable bonds is 0. The lowest BCUT2D eigenvalue weighted by atomic mass is 10.0. The molecule has 0 amide bonds. The average molecular weight is 254 g/mol. The van der Waals surface area contributed by atoms with Crippen LogP contribution >= 0.6 is 0 Å². The zero-order valence-corrected chi connectivity index (χ0v) is 10.7. The average Bonchev–Trinajstić information content (AvgIpc) is 3.04. The van der Waals surface area contributed by atoms with Crippen molar-refractivity contribution in [1.29, 1.82) is 0 Å². The van der Waals surface area contributed by atoms with Gasteiger partial charge in [-0.3, -0.25) is 0 Å². The molecule has 20 heavy (non-hydrogen) atoms. The van der Waals surface area contributed by atoms with Crippen molar-refractivity contribution in [3.8, 4) is 11.1 Å². The van der Waals surface area contributed by atoms with E-state index in [0.717, 1.165) is 22.1 Å². The Morgan fingerprint density at radius 1 is 0.600 bits per heavy atom. The Morgan fingerprint density at radius 3 is 2.45 bits per heavy atom. The number of hydrogen-bond donors (Lipinski definition) is 0. The molecular formula is C18H10N2. The number of hydrogen-bond acceptors (Lipinski definition) is 2.